The molecule has 12 heteroatoms. The molecule has 0 N–H and O–H groups in total. The molecule has 278 valence electrons. The van der Waals surface area contributed by atoms with Gasteiger partial charge in [-0.25, -0.2) is 14.2 Å². The smallest absolute Gasteiger partial charge is 0.359 e. The number of carbonyl (C=O) groups is 1. The van der Waals surface area contributed by atoms with Gasteiger partial charge in [0.2, 0.25) is 11.6 Å². The largest absolute Gasteiger partial charge is 0.485 e. The number of benzene rings is 5. The van der Waals surface area contributed by atoms with Crippen molar-refractivity contribution >= 4 is 12.2 Å². The molecule has 0 saturated heterocycles. The van der Waals surface area contributed by atoms with Crippen molar-refractivity contribution in [1.82, 2.24) is 9.88 Å². The highest BCUT2D eigenvalue weighted by molar-refractivity contribution is 5.96. The highest BCUT2D eigenvalue weighted by Crippen LogP contribution is 2.51. The Labute approximate surface area is 320 Å². The second kappa shape index (κ2) is 15.0. The first-order chi connectivity index (χ1) is 27.3. The van der Waals surface area contributed by atoms with Crippen molar-refractivity contribution in [2.24, 2.45) is 4.99 Å². The lowest BCUT2D eigenvalue weighted by atomic mass is 9.91. The summed E-state index contributed by atoms with van der Waals surface area (Å²) in [5, 5.41) is 9.55. The predicted molar refractivity (Wildman–Crippen MR) is 202 cm³/mol. The lowest BCUT2D eigenvalue weighted by Crippen LogP contribution is -2.42. The Morgan fingerprint density at radius 2 is 1.57 bits per heavy atom. The maximum absolute atomic E-state index is 16.3. The normalized spacial score (nSPS) is 15.0. The molecular formula is C44H32F2N4O6. The van der Waals surface area contributed by atoms with Gasteiger partial charge in [0.25, 0.3) is 11.5 Å². The molecule has 1 unspecified atom stereocenters. The van der Waals surface area contributed by atoms with E-state index in [-0.39, 0.29) is 35.2 Å². The number of nitriles is 1. The Balaban J connectivity index is 1.15. The number of methoxy groups -OCH3 is 1. The minimum Gasteiger partial charge on any atom is -0.485 e. The zero-order valence-corrected chi connectivity index (χ0v) is 30.1. The molecule has 0 saturated carbocycles. The topological polar surface area (TPSA) is 116 Å². The van der Waals surface area contributed by atoms with Crippen LogP contribution in [0.25, 0.3) is 11.1 Å². The number of aromatic nitrogens is 1. The van der Waals surface area contributed by atoms with Crippen LogP contribution in [0.1, 0.15) is 34.0 Å². The molecule has 5 aromatic carbocycles. The number of pyridine rings is 1. The van der Waals surface area contributed by atoms with Gasteiger partial charge in [0.15, 0.2) is 17.3 Å². The van der Waals surface area contributed by atoms with Gasteiger partial charge in [-0.05, 0) is 54.1 Å². The zero-order valence-electron chi connectivity index (χ0n) is 30.1. The van der Waals surface area contributed by atoms with E-state index >= 15 is 8.78 Å². The van der Waals surface area contributed by atoms with Crippen LogP contribution in [-0.2, 0) is 21.7 Å². The molecule has 1 aliphatic heterocycles. The highest BCUT2D eigenvalue weighted by atomic mass is 19.1. The molecule has 0 amide bonds. The SMILES string of the molecule is COC(=O)C1(Oc2ccc(Oc3c(F)cnc(Oc4cc(C#N)ccc4OCc4ccccc4)c3F)c(C3N=CCN3C)c2)c2ccccc2-c2ccccc21. The summed E-state index contributed by atoms with van der Waals surface area (Å²) in [7, 11) is 3.14. The molecule has 1 aromatic heterocycles. The predicted octanol–water partition coefficient (Wildman–Crippen LogP) is 8.89. The number of rotatable bonds is 11. The molecule has 1 atom stereocenters. The van der Waals surface area contributed by atoms with Crippen molar-refractivity contribution in [2.45, 2.75) is 18.4 Å². The summed E-state index contributed by atoms with van der Waals surface area (Å²) in [6.07, 6.45) is 1.86. The molecule has 0 bridgehead atoms. The summed E-state index contributed by atoms with van der Waals surface area (Å²) in [6.45, 7) is 0.658. The second-order valence-corrected chi connectivity index (χ2v) is 13.0. The molecule has 6 aromatic rings. The molecule has 2 aliphatic rings. The monoisotopic (exact) mass is 750 g/mol. The van der Waals surface area contributed by atoms with E-state index in [2.05, 4.69) is 9.98 Å². The van der Waals surface area contributed by atoms with E-state index in [1.807, 2.05) is 96.9 Å². The number of hydrogen-bond acceptors (Lipinski definition) is 10. The fourth-order valence-corrected chi connectivity index (χ4v) is 6.90. The standard InChI is InChI=1S/C44H32F2N4O6/c1-50-21-20-48-41(50)32-23-29(56-44(43(51)52-2)33-14-8-6-12-30(33)31-13-7-9-15-34(31)44)17-19-36(32)54-40-35(45)25-49-42(39(40)46)55-38-22-28(24-47)16-18-37(38)53-26-27-10-4-3-5-11-27/h3-20,22-23,25,41H,21,26H2,1-2H3. The maximum atomic E-state index is 16.3. The summed E-state index contributed by atoms with van der Waals surface area (Å²) in [5.74, 6) is -3.87. The van der Waals surface area contributed by atoms with Crippen molar-refractivity contribution in [3.05, 3.63) is 161 Å². The molecular weight excluding hydrogens is 719 g/mol. The average molecular weight is 751 g/mol. The lowest BCUT2D eigenvalue weighted by molar-refractivity contribution is -0.156. The first kappa shape index (κ1) is 35.9. The van der Waals surface area contributed by atoms with Gasteiger partial charge in [0.1, 0.15) is 24.3 Å². The quantitative estimate of drug-likeness (QED) is 0.120. The van der Waals surface area contributed by atoms with Gasteiger partial charge in [0.05, 0.1) is 24.9 Å². The zero-order chi connectivity index (χ0) is 38.8. The van der Waals surface area contributed by atoms with Crippen LogP contribution in [-0.4, -0.2) is 42.8 Å². The van der Waals surface area contributed by atoms with Gasteiger partial charge < -0.3 is 23.7 Å². The summed E-state index contributed by atoms with van der Waals surface area (Å²) >= 11 is 0. The van der Waals surface area contributed by atoms with Crippen LogP contribution in [0.3, 0.4) is 0 Å². The van der Waals surface area contributed by atoms with Crippen LogP contribution >= 0.6 is 0 Å². The Bertz CT molecular complexity index is 2500. The van der Waals surface area contributed by atoms with E-state index in [1.165, 1.54) is 31.4 Å². The summed E-state index contributed by atoms with van der Waals surface area (Å²) in [4.78, 5) is 24.2. The first-order valence-corrected chi connectivity index (χ1v) is 17.5. The van der Waals surface area contributed by atoms with Crippen LogP contribution < -0.4 is 18.9 Å². The van der Waals surface area contributed by atoms with Crippen molar-refractivity contribution in [2.75, 3.05) is 20.7 Å². The third-order valence-electron chi connectivity index (χ3n) is 9.57. The van der Waals surface area contributed by atoms with Gasteiger partial charge in [0, 0.05) is 35.5 Å². The van der Waals surface area contributed by atoms with Gasteiger partial charge in [-0.1, -0.05) is 78.9 Å². The minimum atomic E-state index is -1.66. The van der Waals surface area contributed by atoms with Gasteiger partial charge in [-0.2, -0.15) is 9.65 Å². The van der Waals surface area contributed by atoms with Crippen molar-refractivity contribution < 1.29 is 37.3 Å². The number of esters is 1. The number of nitrogens with zero attached hydrogens (tertiary/aromatic N) is 4. The molecule has 0 fully saturated rings. The fraction of sp³-hybridized carbons (Fsp3) is 0.136. The summed E-state index contributed by atoms with van der Waals surface area (Å²) in [5.41, 5.74) is 2.69. The van der Waals surface area contributed by atoms with E-state index in [9.17, 15) is 10.1 Å². The molecule has 56 heavy (non-hydrogen) atoms. The van der Waals surface area contributed by atoms with E-state index in [0.717, 1.165) is 22.9 Å². The molecule has 0 spiro atoms. The van der Waals surface area contributed by atoms with Crippen LogP contribution in [0.2, 0.25) is 0 Å². The fourth-order valence-electron chi connectivity index (χ4n) is 6.90. The van der Waals surface area contributed by atoms with Gasteiger partial charge >= 0.3 is 5.97 Å². The van der Waals surface area contributed by atoms with Crippen molar-refractivity contribution in [1.29, 1.82) is 5.26 Å². The van der Waals surface area contributed by atoms with E-state index in [1.54, 1.807) is 18.3 Å². The summed E-state index contributed by atoms with van der Waals surface area (Å²) in [6, 6.07) is 35.4. The molecule has 8 rings (SSSR count). The lowest BCUT2D eigenvalue weighted by Gasteiger charge is -2.30. The number of halogens is 2. The van der Waals surface area contributed by atoms with Crippen LogP contribution in [0.5, 0.6) is 34.6 Å². The third kappa shape index (κ3) is 6.44. The van der Waals surface area contributed by atoms with E-state index in [4.69, 9.17) is 23.7 Å². The minimum absolute atomic E-state index is 0.0114. The molecule has 10 nitrogen and oxygen atoms in total. The Morgan fingerprint density at radius 3 is 2.25 bits per heavy atom. The summed E-state index contributed by atoms with van der Waals surface area (Å²) < 4.78 is 61.7. The highest BCUT2D eigenvalue weighted by Gasteiger charge is 2.53. The molecule has 2 heterocycles. The van der Waals surface area contributed by atoms with Crippen molar-refractivity contribution in [3.63, 3.8) is 0 Å². The van der Waals surface area contributed by atoms with Crippen LogP contribution in [0.4, 0.5) is 8.78 Å². The number of aliphatic imine (C=N–C) groups is 1. The van der Waals surface area contributed by atoms with Crippen LogP contribution in [0, 0.1) is 23.0 Å². The van der Waals surface area contributed by atoms with Crippen LogP contribution in [0.15, 0.2) is 126 Å². The number of carbonyl (C=O) groups excluding carboxylic acids is 1. The van der Waals surface area contributed by atoms with Gasteiger partial charge in [-0.3, -0.25) is 9.89 Å². The molecule has 0 radical (unpaired) electrons. The third-order valence-corrected chi connectivity index (χ3v) is 9.57. The Morgan fingerprint density at radius 1 is 0.875 bits per heavy atom. The average Bonchev–Trinajstić information content (AvgIpc) is 3.79. The Kier molecular flexibility index (Phi) is 9.60. The second-order valence-electron chi connectivity index (χ2n) is 13.0. The number of hydrogen-bond donors (Lipinski definition) is 0. The molecule has 1 aliphatic carbocycles. The van der Waals surface area contributed by atoms with E-state index in [0.29, 0.717) is 23.2 Å². The van der Waals surface area contributed by atoms with Gasteiger partial charge in [-0.15, -0.1) is 0 Å². The first-order valence-electron chi connectivity index (χ1n) is 17.5. The maximum Gasteiger partial charge on any atom is 0.359 e. The number of fused-ring (bicyclic) bond motifs is 3. The van der Waals surface area contributed by atoms with E-state index < -0.39 is 41.0 Å². The Hall–Kier alpha value is -7.10. The van der Waals surface area contributed by atoms with Crippen molar-refractivity contribution in [3.8, 4) is 51.8 Å². The number of ether oxygens (including phenoxy) is 5.